The van der Waals surface area contributed by atoms with Gasteiger partial charge in [-0.15, -0.1) is 0 Å². The molecule has 0 aromatic heterocycles. The number of hydrogen-bond acceptors (Lipinski definition) is 8. The number of aliphatic hydroxyl groups excluding tert-OH is 1. The van der Waals surface area contributed by atoms with Gasteiger partial charge in [-0.3, -0.25) is 4.79 Å². The summed E-state index contributed by atoms with van der Waals surface area (Å²) in [7, 11) is 4.99. The highest BCUT2D eigenvalue weighted by atomic mass is 16.5. The first-order valence-electron chi connectivity index (χ1n) is 14.7. The Bertz CT molecular complexity index is 866. The van der Waals surface area contributed by atoms with Crippen LogP contribution >= 0.6 is 0 Å². The summed E-state index contributed by atoms with van der Waals surface area (Å²) in [6, 6.07) is 5.58. The molecule has 1 amide bonds. The molecule has 1 saturated heterocycles. The zero-order valence-corrected chi connectivity index (χ0v) is 25.7. The van der Waals surface area contributed by atoms with Crippen molar-refractivity contribution >= 4 is 5.91 Å². The van der Waals surface area contributed by atoms with E-state index in [0.29, 0.717) is 50.9 Å². The minimum Gasteiger partial charge on any atom is -0.493 e. The maximum Gasteiger partial charge on any atom is 0.223 e. The molecule has 1 fully saturated rings. The zero-order valence-electron chi connectivity index (χ0n) is 25.7. The van der Waals surface area contributed by atoms with Crippen LogP contribution in [0.15, 0.2) is 18.2 Å². The quantitative estimate of drug-likeness (QED) is 0.217. The fraction of sp³-hybridized carbons (Fsp3) is 0.774. The summed E-state index contributed by atoms with van der Waals surface area (Å²) in [6.07, 6.45) is 2.58. The van der Waals surface area contributed by atoms with Gasteiger partial charge in [-0.25, -0.2) is 0 Å². The van der Waals surface area contributed by atoms with E-state index in [1.165, 1.54) is 0 Å². The Morgan fingerprint density at radius 2 is 1.85 bits per heavy atom. The van der Waals surface area contributed by atoms with Gasteiger partial charge < -0.3 is 39.8 Å². The highest BCUT2D eigenvalue weighted by Gasteiger charge is 2.31. The SMILES string of the molecule is COCCCOc1cc(C[C@@H](C[C@H](N)[C@@H](O)C[C@H](C(=O)NC[C@@H]2C[C@@H](OC)CO2)C(C)C)C(C)C)ccc1OC. The summed E-state index contributed by atoms with van der Waals surface area (Å²) in [4.78, 5) is 13.0. The minimum absolute atomic E-state index is 0.0464. The van der Waals surface area contributed by atoms with Gasteiger partial charge in [-0.1, -0.05) is 33.8 Å². The Hall–Kier alpha value is -1.91. The average Bonchev–Trinajstić information content (AvgIpc) is 3.40. The molecule has 230 valence electrons. The van der Waals surface area contributed by atoms with Crippen molar-refractivity contribution in [2.75, 3.05) is 47.7 Å². The van der Waals surface area contributed by atoms with Crippen LogP contribution < -0.4 is 20.5 Å². The van der Waals surface area contributed by atoms with Gasteiger partial charge in [0.25, 0.3) is 0 Å². The number of carbonyl (C=O) groups excluding carboxylic acids is 1. The molecule has 6 atom stereocenters. The van der Waals surface area contributed by atoms with Gasteiger partial charge in [0.05, 0.1) is 38.6 Å². The first kappa shape index (κ1) is 34.3. The van der Waals surface area contributed by atoms with Crippen LogP contribution in [0.4, 0.5) is 0 Å². The van der Waals surface area contributed by atoms with Gasteiger partial charge in [0, 0.05) is 52.2 Å². The molecule has 1 heterocycles. The Morgan fingerprint density at radius 1 is 1.10 bits per heavy atom. The molecule has 0 saturated carbocycles. The van der Waals surface area contributed by atoms with Crippen LogP contribution in [0.3, 0.4) is 0 Å². The number of rotatable bonds is 19. The predicted molar refractivity (Wildman–Crippen MR) is 157 cm³/mol. The van der Waals surface area contributed by atoms with E-state index in [1.807, 2.05) is 26.0 Å². The molecule has 0 bridgehead atoms. The lowest BCUT2D eigenvalue weighted by Crippen LogP contribution is -2.44. The van der Waals surface area contributed by atoms with Gasteiger partial charge in [0.1, 0.15) is 0 Å². The number of nitrogens with two attached hydrogens (primary N) is 1. The maximum absolute atomic E-state index is 13.0. The molecular weight excluding hydrogens is 512 g/mol. The van der Waals surface area contributed by atoms with Crippen molar-refractivity contribution in [1.82, 2.24) is 5.32 Å². The molecule has 0 unspecified atom stereocenters. The van der Waals surface area contributed by atoms with Crippen molar-refractivity contribution in [3.8, 4) is 11.5 Å². The van der Waals surface area contributed by atoms with E-state index in [0.717, 1.165) is 30.6 Å². The molecular formula is C31H54N2O7. The number of ether oxygens (including phenoxy) is 5. The predicted octanol–water partition coefficient (Wildman–Crippen LogP) is 3.59. The van der Waals surface area contributed by atoms with Crippen molar-refractivity contribution in [3.05, 3.63) is 23.8 Å². The molecule has 1 aromatic carbocycles. The lowest BCUT2D eigenvalue weighted by Gasteiger charge is -2.30. The van der Waals surface area contributed by atoms with E-state index in [2.05, 4.69) is 25.2 Å². The van der Waals surface area contributed by atoms with Crippen molar-refractivity contribution in [2.45, 2.75) is 84.2 Å². The second-order valence-corrected chi connectivity index (χ2v) is 11.7. The molecule has 0 spiro atoms. The van der Waals surface area contributed by atoms with Crippen molar-refractivity contribution in [1.29, 1.82) is 0 Å². The summed E-state index contributed by atoms with van der Waals surface area (Å²) in [5.41, 5.74) is 7.69. The van der Waals surface area contributed by atoms with E-state index in [1.54, 1.807) is 21.3 Å². The van der Waals surface area contributed by atoms with Crippen LogP contribution in [-0.4, -0.2) is 83.1 Å². The molecule has 40 heavy (non-hydrogen) atoms. The Balaban J connectivity index is 1.96. The second-order valence-electron chi connectivity index (χ2n) is 11.7. The lowest BCUT2D eigenvalue weighted by molar-refractivity contribution is -0.128. The zero-order chi connectivity index (χ0) is 29.7. The molecule has 9 heteroatoms. The number of carbonyl (C=O) groups is 1. The van der Waals surface area contributed by atoms with E-state index >= 15 is 0 Å². The fourth-order valence-electron chi connectivity index (χ4n) is 5.19. The summed E-state index contributed by atoms with van der Waals surface area (Å²) >= 11 is 0. The van der Waals surface area contributed by atoms with Crippen LogP contribution in [0.5, 0.6) is 11.5 Å². The third kappa shape index (κ3) is 11.2. The van der Waals surface area contributed by atoms with Gasteiger partial charge in [0.15, 0.2) is 11.5 Å². The third-order valence-corrected chi connectivity index (χ3v) is 8.01. The number of hydrogen-bond donors (Lipinski definition) is 3. The van der Waals surface area contributed by atoms with Gasteiger partial charge >= 0.3 is 0 Å². The number of benzene rings is 1. The van der Waals surface area contributed by atoms with E-state index in [4.69, 9.17) is 29.4 Å². The van der Waals surface area contributed by atoms with Crippen molar-refractivity contribution < 1.29 is 33.6 Å². The summed E-state index contributed by atoms with van der Waals surface area (Å²) < 4.78 is 27.6. The first-order chi connectivity index (χ1) is 19.1. The van der Waals surface area contributed by atoms with Gasteiger partial charge in [0.2, 0.25) is 5.91 Å². The number of methoxy groups -OCH3 is 3. The normalized spacial score (nSPS) is 20.4. The first-order valence-corrected chi connectivity index (χ1v) is 14.7. The molecule has 1 aliphatic rings. The number of aliphatic hydroxyl groups is 1. The minimum atomic E-state index is -0.782. The highest BCUT2D eigenvalue weighted by Crippen LogP contribution is 2.32. The van der Waals surface area contributed by atoms with Crippen LogP contribution in [0.1, 0.15) is 58.9 Å². The van der Waals surface area contributed by atoms with Gasteiger partial charge in [-0.05, 0) is 54.7 Å². The fourth-order valence-corrected chi connectivity index (χ4v) is 5.19. The second kappa shape index (κ2) is 17.8. The third-order valence-electron chi connectivity index (χ3n) is 8.01. The van der Waals surface area contributed by atoms with Crippen LogP contribution in [0.2, 0.25) is 0 Å². The van der Waals surface area contributed by atoms with Crippen molar-refractivity contribution in [2.24, 2.45) is 29.4 Å². The molecule has 0 radical (unpaired) electrons. The van der Waals surface area contributed by atoms with E-state index in [-0.39, 0.29) is 35.9 Å². The van der Waals surface area contributed by atoms with Crippen LogP contribution in [0, 0.1) is 23.7 Å². The summed E-state index contributed by atoms with van der Waals surface area (Å²) in [5, 5.41) is 14.1. The maximum atomic E-state index is 13.0. The molecule has 9 nitrogen and oxygen atoms in total. The summed E-state index contributed by atoms with van der Waals surface area (Å²) in [6.45, 7) is 10.5. The average molecular weight is 567 g/mol. The van der Waals surface area contributed by atoms with Crippen LogP contribution in [-0.2, 0) is 25.4 Å². The smallest absolute Gasteiger partial charge is 0.223 e. The largest absolute Gasteiger partial charge is 0.493 e. The monoisotopic (exact) mass is 566 g/mol. The van der Waals surface area contributed by atoms with E-state index in [9.17, 15) is 9.90 Å². The topological polar surface area (TPSA) is 122 Å². The molecule has 4 N–H and O–H groups in total. The molecule has 2 rings (SSSR count). The molecule has 1 aromatic rings. The lowest BCUT2D eigenvalue weighted by atomic mass is 9.81. The highest BCUT2D eigenvalue weighted by molar-refractivity contribution is 5.79. The Morgan fingerprint density at radius 3 is 2.45 bits per heavy atom. The molecule has 1 aliphatic heterocycles. The van der Waals surface area contributed by atoms with Crippen LogP contribution in [0.25, 0.3) is 0 Å². The van der Waals surface area contributed by atoms with E-state index < -0.39 is 12.1 Å². The summed E-state index contributed by atoms with van der Waals surface area (Å²) in [5.74, 6) is 1.69. The Kier molecular flexibility index (Phi) is 15.3. The number of amides is 1. The van der Waals surface area contributed by atoms with Crippen molar-refractivity contribution in [3.63, 3.8) is 0 Å². The molecule has 0 aliphatic carbocycles. The number of nitrogens with one attached hydrogen (secondary N) is 1. The van der Waals surface area contributed by atoms with Gasteiger partial charge in [-0.2, -0.15) is 0 Å². The Labute approximate surface area is 241 Å². The standard InChI is InChI=1S/C31H54N2O7/c1-20(2)23(13-22-9-10-29(38-7)30(14-22)39-12-8-11-36-5)15-27(32)28(34)17-26(21(3)4)31(35)33-18-24-16-25(37-6)19-40-24/h9-10,14,20-21,23-28,34H,8,11-13,15-19,32H2,1-7H3,(H,33,35)/t23-,24-,25+,26-,27-,28-/m0/s1.